The van der Waals surface area contributed by atoms with Crippen molar-refractivity contribution >= 4 is 0 Å². The van der Waals surface area contributed by atoms with Crippen LogP contribution in [-0.4, -0.2) is 0 Å². The lowest BCUT2D eigenvalue weighted by Gasteiger charge is -1.59. The van der Waals surface area contributed by atoms with Crippen LogP contribution in [0.15, 0.2) is 24.3 Å². The first-order valence-corrected chi connectivity index (χ1v) is 2.21. The molecule has 0 aromatic carbocycles. The van der Waals surface area contributed by atoms with Crippen molar-refractivity contribution in [1.82, 2.24) is 0 Å². The van der Waals surface area contributed by atoms with Crippen molar-refractivity contribution in [3.05, 3.63) is 34.5 Å². The maximum atomic E-state index is 9.34. The van der Waals surface area contributed by atoms with Gasteiger partial charge in [0.1, 0.15) is 0 Å². The third-order valence-corrected chi connectivity index (χ3v) is 0.505. The molecule has 3 heteroatoms. The first kappa shape index (κ1) is 7.26. The predicted octanol–water partition coefficient (Wildman–Crippen LogP) is 1.45. The van der Waals surface area contributed by atoms with E-state index in [0.717, 1.165) is 0 Å². The van der Waals surface area contributed by atoms with Crippen molar-refractivity contribution < 1.29 is 0 Å². The second-order valence-corrected chi connectivity index (χ2v) is 1.07. The van der Waals surface area contributed by atoms with E-state index in [4.69, 9.17) is 5.26 Å². The van der Waals surface area contributed by atoms with E-state index in [1.807, 2.05) is 6.07 Å². The number of hydrogen-bond donors (Lipinski definition) is 0. The third kappa shape index (κ3) is 6.26. The van der Waals surface area contributed by atoms with Crippen LogP contribution in [0.3, 0.4) is 0 Å². The van der Waals surface area contributed by atoms with E-state index in [0.29, 0.717) is 0 Å². The molecule has 0 heterocycles. The van der Waals surface area contributed by atoms with Crippen LogP contribution in [-0.2, 0) is 0 Å². The molecule has 0 unspecified atom stereocenters. The van der Waals surface area contributed by atoms with Crippen molar-refractivity contribution in [2.24, 2.45) is 0 Å². The van der Waals surface area contributed by atoms with Gasteiger partial charge in [-0.25, -0.2) is 0 Å². The highest BCUT2D eigenvalue weighted by Crippen LogP contribution is 1.73. The van der Waals surface area contributed by atoms with Gasteiger partial charge >= 0.3 is 6.07 Å². The molecule has 0 aromatic rings. The quantitative estimate of drug-likeness (QED) is 0.299. The molecule has 0 aliphatic heterocycles. The average Bonchev–Trinajstić information content (AvgIpc) is 1.89. The summed E-state index contributed by atoms with van der Waals surface area (Å²) in [5, 5.41) is 19.6. The van der Waals surface area contributed by atoms with Gasteiger partial charge in [-0.2, -0.15) is 5.26 Å². The molecule has 44 valence electrons. The van der Waals surface area contributed by atoms with Gasteiger partial charge in [-0.3, -0.25) is 0 Å². The summed E-state index contributed by atoms with van der Waals surface area (Å²) in [6, 6.07) is 3.81. The topological polar surface area (TPSA) is 51.2 Å². The van der Waals surface area contributed by atoms with Gasteiger partial charge in [0.15, 0.2) is 0 Å². The molecule has 0 N–H and O–H groups in total. The Kier molecular flexibility index (Phi) is 5.05. The highest BCUT2D eigenvalue weighted by atomic mass is 16.4. The molecule has 9 heavy (non-hydrogen) atoms. The number of allylic oxidation sites excluding steroid dienone is 4. The summed E-state index contributed by atoms with van der Waals surface area (Å²) in [6.07, 6.45) is 5.58. The van der Waals surface area contributed by atoms with Crippen LogP contribution >= 0.6 is 0 Å². The lowest BCUT2D eigenvalue weighted by molar-refractivity contribution is 1.53. The van der Waals surface area contributed by atoms with Gasteiger partial charge in [0.25, 0.3) is 0 Å². The van der Waals surface area contributed by atoms with E-state index in [9.17, 15) is 5.21 Å². The Morgan fingerprint density at radius 3 is 2.56 bits per heavy atom. The van der Waals surface area contributed by atoms with Crippen LogP contribution < -0.4 is 0 Å². The van der Waals surface area contributed by atoms with Crippen LogP contribution in [0.1, 0.15) is 0 Å². The second kappa shape index (κ2) is 6.26. The molecule has 0 saturated heterocycles. The van der Waals surface area contributed by atoms with Crippen LogP contribution in [0.4, 0.5) is 0 Å². The average molecular weight is 120 g/mol. The summed E-state index contributed by atoms with van der Waals surface area (Å²) in [5.74, 6) is 0. The Morgan fingerprint density at radius 2 is 2.00 bits per heavy atom. The van der Waals surface area contributed by atoms with Gasteiger partial charge in [0, 0.05) is 11.1 Å². The van der Waals surface area contributed by atoms with Gasteiger partial charge in [-0.1, -0.05) is 6.08 Å². The van der Waals surface area contributed by atoms with Crippen LogP contribution in [0.2, 0.25) is 0 Å². The largest absolute Gasteiger partial charge is 0.498 e. The highest BCUT2D eigenvalue weighted by molar-refractivity contribution is 5.18. The fourth-order valence-corrected chi connectivity index (χ4v) is 0.228. The molecule has 0 saturated carbocycles. The Morgan fingerprint density at radius 1 is 1.33 bits per heavy atom. The fourth-order valence-electron chi connectivity index (χ4n) is 0.228. The molecule has 0 spiro atoms. The van der Waals surface area contributed by atoms with Crippen molar-refractivity contribution in [3.63, 3.8) is 0 Å². The Balaban J connectivity index is 3.59. The molecule has 0 radical (unpaired) electrons. The Bertz CT molecular complexity index is 211. The molecule has 3 nitrogen and oxygen atoms in total. The van der Waals surface area contributed by atoms with Crippen LogP contribution in [0, 0.1) is 22.6 Å². The summed E-state index contributed by atoms with van der Waals surface area (Å²) >= 11 is 0. The lowest BCUT2D eigenvalue weighted by Crippen LogP contribution is -1.47. The number of rotatable bonds is 1. The molecular formula is C6H4N2O. The van der Waals surface area contributed by atoms with Crippen molar-refractivity contribution in [3.8, 4) is 12.1 Å². The van der Waals surface area contributed by atoms with Gasteiger partial charge in [-0.15, -0.1) is 0 Å². The second-order valence-electron chi connectivity index (χ2n) is 1.07. The molecular weight excluding hydrogens is 116 g/mol. The minimum atomic E-state index is 1.28. The summed E-state index contributed by atoms with van der Waals surface area (Å²) in [4.78, 5) is 0. The van der Waals surface area contributed by atoms with E-state index in [1.54, 1.807) is 6.07 Å². The highest BCUT2D eigenvalue weighted by Gasteiger charge is 1.65. The van der Waals surface area contributed by atoms with Crippen molar-refractivity contribution in [2.45, 2.75) is 0 Å². The minimum Gasteiger partial charge on any atom is -0.498 e. The van der Waals surface area contributed by atoms with Crippen LogP contribution in [0.25, 0.3) is 5.01 Å². The van der Waals surface area contributed by atoms with E-state index in [2.05, 4.69) is 5.01 Å². The number of nitriles is 1. The molecule has 0 rings (SSSR count). The number of hydrogen-bond acceptors (Lipinski definition) is 2. The van der Waals surface area contributed by atoms with E-state index in [1.165, 1.54) is 24.3 Å². The summed E-state index contributed by atoms with van der Waals surface area (Å²) in [6.45, 7) is 0. The monoisotopic (exact) mass is 120 g/mol. The normalized spacial score (nSPS) is 8.78. The smallest absolute Gasteiger partial charge is 0.328 e. The molecule has 0 atom stereocenters. The van der Waals surface area contributed by atoms with E-state index >= 15 is 0 Å². The van der Waals surface area contributed by atoms with E-state index in [-0.39, 0.29) is 0 Å². The first-order valence-electron chi connectivity index (χ1n) is 2.21. The lowest BCUT2D eigenvalue weighted by atomic mass is 10.4. The zero-order valence-electron chi connectivity index (χ0n) is 4.61. The SMILES string of the molecule is N#CC=CC=CC#[N+][O-]. The summed E-state index contributed by atoms with van der Waals surface area (Å²) in [7, 11) is 0. The zero-order chi connectivity index (χ0) is 6.95. The zero-order valence-corrected chi connectivity index (χ0v) is 4.61. The van der Waals surface area contributed by atoms with Crippen molar-refractivity contribution in [2.75, 3.05) is 0 Å². The molecule has 0 fully saturated rings. The number of nitrogens with zero attached hydrogens (tertiary/aromatic N) is 2. The molecule has 0 aliphatic rings. The predicted molar refractivity (Wildman–Crippen MR) is 34.5 cm³/mol. The standard InChI is InChI=1S/C6H4N2O/c7-5-3-1-2-4-6-8-9/h1-4H. The minimum absolute atomic E-state index is 1.28. The Labute approximate surface area is 52.9 Å². The Hall–Kier alpha value is -1.74. The van der Waals surface area contributed by atoms with Gasteiger partial charge in [-0.05, 0) is 6.08 Å². The third-order valence-electron chi connectivity index (χ3n) is 0.505. The maximum absolute atomic E-state index is 9.34. The van der Waals surface area contributed by atoms with Gasteiger partial charge < -0.3 is 5.21 Å². The summed E-state index contributed by atoms with van der Waals surface area (Å²) in [5.41, 5.74) is 0. The molecule has 0 aliphatic carbocycles. The first-order chi connectivity index (χ1) is 4.41. The summed E-state index contributed by atoms with van der Waals surface area (Å²) < 4.78 is 0. The fraction of sp³-hybridized carbons (Fsp3) is 0. The van der Waals surface area contributed by atoms with Crippen LogP contribution in [0.5, 0.6) is 0 Å². The van der Waals surface area contributed by atoms with E-state index < -0.39 is 0 Å². The van der Waals surface area contributed by atoms with Gasteiger partial charge in [0.05, 0.1) is 12.1 Å². The molecule has 0 bridgehead atoms. The molecule has 0 aromatic heterocycles. The maximum Gasteiger partial charge on any atom is 0.328 e. The molecule has 0 amide bonds. The van der Waals surface area contributed by atoms with Crippen molar-refractivity contribution in [1.29, 1.82) is 5.26 Å². The van der Waals surface area contributed by atoms with Gasteiger partial charge in [0.2, 0.25) is 0 Å².